The van der Waals surface area contributed by atoms with Crippen LogP contribution in [0.15, 0.2) is 0 Å². The first-order valence-corrected chi connectivity index (χ1v) is 9.73. The first kappa shape index (κ1) is 16.2. The van der Waals surface area contributed by atoms with Crippen LogP contribution in [-0.2, 0) is 10.0 Å². The van der Waals surface area contributed by atoms with Crippen molar-refractivity contribution in [3.63, 3.8) is 0 Å². The van der Waals surface area contributed by atoms with Crippen molar-refractivity contribution in [3.8, 4) is 0 Å². The minimum Gasteiger partial charge on any atom is -0.337 e. The molecule has 0 radical (unpaired) electrons. The van der Waals surface area contributed by atoms with E-state index in [9.17, 15) is 8.42 Å². The molecule has 1 heterocycles. The molecule has 118 valence electrons. The molecular formula is C15H31N2O2S+. The molecule has 1 aliphatic carbocycles. The largest absolute Gasteiger partial charge is 0.337 e. The smallest absolute Gasteiger partial charge is 0.214 e. The Kier molecular flexibility index (Phi) is 5.49. The van der Waals surface area contributed by atoms with Crippen molar-refractivity contribution in [2.45, 2.75) is 51.2 Å². The maximum absolute atomic E-state index is 12.5. The van der Waals surface area contributed by atoms with Crippen LogP contribution in [0.1, 0.15) is 46.0 Å². The van der Waals surface area contributed by atoms with Gasteiger partial charge in [0.05, 0.1) is 25.4 Å². The third-order valence-electron chi connectivity index (χ3n) is 5.28. The van der Waals surface area contributed by atoms with Gasteiger partial charge in [-0.2, -0.15) is 0 Å². The van der Waals surface area contributed by atoms with E-state index >= 15 is 0 Å². The summed E-state index contributed by atoms with van der Waals surface area (Å²) < 4.78 is 27.9. The fraction of sp³-hybridized carbons (Fsp3) is 1.00. The molecule has 0 amide bonds. The first-order chi connectivity index (χ1) is 9.38. The predicted molar refractivity (Wildman–Crippen MR) is 82.2 cm³/mol. The molecule has 3 atom stereocenters. The van der Waals surface area contributed by atoms with Gasteiger partial charge in [0, 0.05) is 19.4 Å². The molecule has 4 nitrogen and oxygen atoms in total. The third-order valence-corrected chi connectivity index (χ3v) is 7.35. The van der Waals surface area contributed by atoms with E-state index in [0.717, 1.165) is 32.1 Å². The van der Waals surface area contributed by atoms with Gasteiger partial charge in [-0.1, -0.05) is 13.8 Å². The van der Waals surface area contributed by atoms with Crippen LogP contribution in [0, 0.1) is 17.8 Å². The highest BCUT2D eigenvalue weighted by atomic mass is 32.2. The predicted octanol–water partition coefficient (Wildman–Crippen LogP) is 0.655. The van der Waals surface area contributed by atoms with Gasteiger partial charge in [0.2, 0.25) is 10.0 Å². The molecule has 3 unspecified atom stereocenters. The summed E-state index contributed by atoms with van der Waals surface area (Å²) in [7, 11) is -0.912. The van der Waals surface area contributed by atoms with Gasteiger partial charge in [0.15, 0.2) is 0 Å². The second-order valence-electron chi connectivity index (χ2n) is 7.23. The number of sulfonamides is 1. The van der Waals surface area contributed by atoms with Crippen LogP contribution in [0.5, 0.6) is 0 Å². The molecule has 20 heavy (non-hydrogen) atoms. The summed E-state index contributed by atoms with van der Waals surface area (Å²) in [5, 5.41) is -0.171. The lowest BCUT2D eigenvalue weighted by molar-refractivity contribution is -0.885. The number of nitrogens with one attached hydrogen (secondary N) is 2. The summed E-state index contributed by atoms with van der Waals surface area (Å²) >= 11 is 0. The van der Waals surface area contributed by atoms with Gasteiger partial charge in [0.1, 0.15) is 0 Å². The maximum atomic E-state index is 12.5. The topological polar surface area (TPSA) is 50.6 Å². The van der Waals surface area contributed by atoms with Crippen molar-refractivity contribution in [1.29, 1.82) is 0 Å². The van der Waals surface area contributed by atoms with Crippen molar-refractivity contribution >= 4 is 10.0 Å². The van der Waals surface area contributed by atoms with E-state index in [-0.39, 0.29) is 11.2 Å². The fourth-order valence-corrected chi connectivity index (χ4v) is 5.67. The van der Waals surface area contributed by atoms with Crippen LogP contribution >= 0.6 is 0 Å². The van der Waals surface area contributed by atoms with Crippen LogP contribution in [-0.4, -0.2) is 40.3 Å². The molecule has 2 fully saturated rings. The molecule has 0 aromatic rings. The van der Waals surface area contributed by atoms with E-state index < -0.39 is 10.0 Å². The Balaban J connectivity index is 1.84. The lowest BCUT2D eigenvalue weighted by Crippen LogP contribution is -3.10. The molecule has 2 N–H and O–H groups in total. The third kappa shape index (κ3) is 4.18. The monoisotopic (exact) mass is 303 g/mol. The van der Waals surface area contributed by atoms with Gasteiger partial charge in [0.25, 0.3) is 0 Å². The summed E-state index contributed by atoms with van der Waals surface area (Å²) in [5.74, 6) is 1.50. The minimum absolute atomic E-state index is 0.171. The summed E-state index contributed by atoms with van der Waals surface area (Å²) in [6.45, 7) is 7.31. The molecule has 2 aliphatic rings. The number of piperidine rings is 1. The summed E-state index contributed by atoms with van der Waals surface area (Å²) in [6, 6.07) is 0. The van der Waals surface area contributed by atoms with Crippen LogP contribution in [0.2, 0.25) is 0 Å². The Morgan fingerprint density at radius 2 is 1.75 bits per heavy atom. The number of likely N-dealkylation sites (tertiary alicyclic amines) is 1. The lowest BCUT2D eigenvalue weighted by Gasteiger charge is -2.33. The van der Waals surface area contributed by atoms with E-state index in [0.29, 0.717) is 18.4 Å². The molecule has 5 heteroatoms. The van der Waals surface area contributed by atoms with Crippen molar-refractivity contribution in [2.75, 3.05) is 26.7 Å². The summed E-state index contributed by atoms with van der Waals surface area (Å²) in [5.41, 5.74) is 0. The Labute approximate surface area is 124 Å². The molecule has 0 spiro atoms. The normalized spacial score (nSPS) is 39.6. The van der Waals surface area contributed by atoms with Gasteiger partial charge >= 0.3 is 0 Å². The average molecular weight is 303 g/mol. The average Bonchev–Trinajstić information content (AvgIpc) is 2.37. The molecule has 1 saturated heterocycles. The maximum Gasteiger partial charge on any atom is 0.214 e. The standard InChI is InChI=1S/C15H30N2O2S/c1-12-4-5-15(13(2)10-12)20(18,19)16-11-14-6-8-17(3)9-7-14/h12-16H,4-11H2,1-3H3/p+1. The first-order valence-electron chi connectivity index (χ1n) is 8.18. The Morgan fingerprint density at radius 3 is 2.35 bits per heavy atom. The second-order valence-corrected chi connectivity index (χ2v) is 9.21. The van der Waals surface area contributed by atoms with Crippen LogP contribution in [0.3, 0.4) is 0 Å². The quantitative estimate of drug-likeness (QED) is 0.801. The molecule has 1 saturated carbocycles. The van der Waals surface area contributed by atoms with Crippen molar-refractivity contribution < 1.29 is 13.3 Å². The zero-order valence-corrected chi connectivity index (χ0v) is 14.0. The number of rotatable bonds is 4. The molecule has 2 rings (SSSR count). The second kappa shape index (κ2) is 6.75. The van der Waals surface area contributed by atoms with Crippen LogP contribution in [0.4, 0.5) is 0 Å². The Hall–Kier alpha value is -0.130. The van der Waals surface area contributed by atoms with E-state index in [1.54, 1.807) is 4.90 Å². The summed E-state index contributed by atoms with van der Waals surface area (Å²) in [6.07, 6.45) is 5.21. The van der Waals surface area contributed by atoms with E-state index in [2.05, 4.69) is 25.6 Å². The number of hydrogen-bond donors (Lipinski definition) is 2. The minimum atomic E-state index is -3.13. The lowest BCUT2D eigenvalue weighted by atomic mass is 9.83. The van der Waals surface area contributed by atoms with E-state index in [4.69, 9.17) is 0 Å². The van der Waals surface area contributed by atoms with Gasteiger partial charge in [-0.25, -0.2) is 13.1 Å². The molecule has 1 aliphatic heterocycles. The van der Waals surface area contributed by atoms with E-state index in [1.165, 1.54) is 13.1 Å². The highest BCUT2D eigenvalue weighted by Crippen LogP contribution is 2.32. The van der Waals surface area contributed by atoms with Gasteiger partial charge in [-0.3, -0.25) is 0 Å². The molecular weight excluding hydrogens is 272 g/mol. The number of hydrogen-bond acceptors (Lipinski definition) is 2. The zero-order chi connectivity index (χ0) is 14.8. The van der Waals surface area contributed by atoms with Crippen molar-refractivity contribution in [1.82, 2.24) is 4.72 Å². The van der Waals surface area contributed by atoms with Gasteiger partial charge in [-0.15, -0.1) is 0 Å². The highest BCUT2D eigenvalue weighted by molar-refractivity contribution is 7.90. The number of quaternary nitrogens is 1. The molecule has 0 aromatic carbocycles. The van der Waals surface area contributed by atoms with Crippen molar-refractivity contribution in [2.24, 2.45) is 17.8 Å². The van der Waals surface area contributed by atoms with Crippen LogP contribution < -0.4 is 9.62 Å². The van der Waals surface area contributed by atoms with Crippen LogP contribution in [0.25, 0.3) is 0 Å². The molecule has 0 bridgehead atoms. The summed E-state index contributed by atoms with van der Waals surface area (Å²) in [4.78, 5) is 1.57. The van der Waals surface area contributed by atoms with E-state index in [1.807, 2.05) is 0 Å². The van der Waals surface area contributed by atoms with Gasteiger partial charge in [-0.05, 0) is 37.0 Å². The molecule has 0 aromatic heterocycles. The zero-order valence-electron chi connectivity index (χ0n) is 13.2. The Bertz CT molecular complexity index is 402. The Morgan fingerprint density at radius 1 is 1.10 bits per heavy atom. The SMILES string of the molecule is CC1CCC(S(=O)(=O)NCC2CC[NH+](C)CC2)C(C)C1. The van der Waals surface area contributed by atoms with Crippen molar-refractivity contribution in [3.05, 3.63) is 0 Å². The van der Waals surface area contributed by atoms with Gasteiger partial charge < -0.3 is 4.90 Å². The fourth-order valence-electron chi connectivity index (χ4n) is 3.81. The highest BCUT2D eigenvalue weighted by Gasteiger charge is 2.35.